The van der Waals surface area contributed by atoms with E-state index in [1.54, 1.807) is 6.92 Å². The molecular formula is C22H44O5. The van der Waals surface area contributed by atoms with Crippen molar-refractivity contribution < 1.29 is 24.8 Å². The van der Waals surface area contributed by atoms with Gasteiger partial charge in [-0.05, 0) is 25.7 Å². The molecule has 5 heteroatoms. The Morgan fingerprint density at radius 2 is 1.26 bits per heavy atom. The van der Waals surface area contributed by atoms with Crippen molar-refractivity contribution in [3.8, 4) is 0 Å². The van der Waals surface area contributed by atoms with Crippen molar-refractivity contribution in [1.29, 1.82) is 0 Å². The predicted molar refractivity (Wildman–Crippen MR) is 109 cm³/mol. The van der Waals surface area contributed by atoms with Crippen LogP contribution in [0.3, 0.4) is 0 Å². The number of ether oxygens (including phenoxy) is 2. The highest BCUT2D eigenvalue weighted by Gasteiger charge is 2.42. The first-order valence-corrected chi connectivity index (χ1v) is 11.3. The zero-order valence-corrected chi connectivity index (χ0v) is 17.8. The van der Waals surface area contributed by atoms with Crippen LogP contribution in [0, 0.1) is 5.92 Å². The lowest BCUT2D eigenvalue weighted by Crippen LogP contribution is -2.57. The average Bonchev–Trinajstić information content (AvgIpc) is 2.67. The molecule has 1 fully saturated rings. The second-order valence-corrected chi connectivity index (χ2v) is 8.29. The van der Waals surface area contributed by atoms with Crippen LogP contribution in [0.25, 0.3) is 0 Å². The molecule has 1 saturated heterocycles. The molecule has 0 saturated carbocycles. The zero-order chi connectivity index (χ0) is 20.1. The molecule has 0 radical (unpaired) electrons. The van der Waals surface area contributed by atoms with E-state index in [9.17, 15) is 15.3 Å². The van der Waals surface area contributed by atoms with Gasteiger partial charge in [0.25, 0.3) is 0 Å². The molecule has 2 unspecified atom stereocenters. The lowest BCUT2D eigenvalue weighted by Gasteiger charge is -2.39. The van der Waals surface area contributed by atoms with Gasteiger partial charge in [0.2, 0.25) is 0 Å². The zero-order valence-electron chi connectivity index (χ0n) is 17.8. The van der Waals surface area contributed by atoms with Crippen molar-refractivity contribution in [3.05, 3.63) is 0 Å². The van der Waals surface area contributed by atoms with E-state index in [0.29, 0.717) is 12.5 Å². The van der Waals surface area contributed by atoms with E-state index in [1.165, 1.54) is 64.2 Å². The summed E-state index contributed by atoms with van der Waals surface area (Å²) in [6, 6.07) is 0. The fraction of sp³-hybridized carbons (Fsp3) is 1.00. The van der Waals surface area contributed by atoms with Gasteiger partial charge >= 0.3 is 0 Å². The van der Waals surface area contributed by atoms with Crippen LogP contribution in [-0.2, 0) is 9.47 Å². The first kappa shape index (κ1) is 24.8. The van der Waals surface area contributed by atoms with Crippen LogP contribution in [0.15, 0.2) is 0 Å². The maximum atomic E-state index is 10.1. The molecule has 0 aromatic rings. The van der Waals surface area contributed by atoms with E-state index >= 15 is 0 Å². The molecule has 1 rings (SSSR count). The highest BCUT2D eigenvalue weighted by Crippen LogP contribution is 2.25. The van der Waals surface area contributed by atoms with Gasteiger partial charge in [0.15, 0.2) is 6.29 Å². The summed E-state index contributed by atoms with van der Waals surface area (Å²) < 4.78 is 11.4. The van der Waals surface area contributed by atoms with Crippen LogP contribution in [0.4, 0.5) is 0 Å². The van der Waals surface area contributed by atoms with Gasteiger partial charge < -0.3 is 24.8 Å². The molecule has 6 atom stereocenters. The quantitative estimate of drug-likeness (QED) is 0.367. The van der Waals surface area contributed by atoms with Gasteiger partial charge in [-0.2, -0.15) is 0 Å². The number of aliphatic hydroxyl groups excluding tert-OH is 3. The minimum Gasteiger partial charge on any atom is -0.388 e. The van der Waals surface area contributed by atoms with E-state index < -0.39 is 30.7 Å². The third-order valence-corrected chi connectivity index (χ3v) is 5.74. The van der Waals surface area contributed by atoms with Crippen molar-refractivity contribution in [2.75, 3.05) is 6.61 Å². The summed E-state index contributed by atoms with van der Waals surface area (Å²) in [6.45, 7) is 6.69. The van der Waals surface area contributed by atoms with Gasteiger partial charge in [-0.15, -0.1) is 0 Å². The topological polar surface area (TPSA) is 79.2 Å². The molecule has 0 amide bonds. The van der Waals surface area contributed by atoms with E-state index in [4.69, 9.17) is 9.47 Å². The van der Waals surface area contributed by atoms with Gasteiger partial charge in [0.05, 0.1) is 12.7 Å². The molecule has 1 aliphatic heterocycles. The first-order chi connectivity index (χ1) is 13.0. The Bertz CT molecular complexity index is 352. The van der Waals surface area contributed by atoms with Gasteiger partial charge in [-0.1, -0.05) is 78.1 Å². The normalized spacial score (nSPS) is 29.8. The predicted octanol–water partition coefficient (Wildman–Crippen LogP) is 4.17. The van der Waals surface area contributed by atoms with Crippen molar-refractivity contribution in [2.24, 2.45) is 5.92 Å². The van der Waals surface area contributed by atoms with Crippen molar-refractivity contribution >= 4 is 0 Å². The molecule has 162 valence electrons. The third-order valence-electron chi connectivity index (χ3n) is 5.74. The molecule has 0 aliphatic carbocycles. The summed E-state index contributed by atoms with van der Waals surface area (Å²) in [7, 11) is 0. The molecule has 1 aliphatic rings. The molecule has 0 bridgehead atoms. The smallest absolute Gasteiger partial charge is 0.186 e. The van der Waals surface area contributed by atoms with Crippen LogP contribution < -0.4 is 0 Å². The number of aliphatic hydroxyl groups is 3. The summed E-state index contributed by atoms with van der Waals surface area (Å²) in [5, 5.41) is 29.9. The first-order valence-electron chi connectivity index (χ1n) is 11.3. The minimum atomic E-state index is -1.22. The highest BCUT2D eigenvalue weighted by molar-refractivity contribution is 4.87. The average molecular weight is 389 g/mol. The minimum absolute atomic E-state index is 0.461. The lowest BCUT2D eigenvalue weighted by molar-refractivity contribution is -0.295. The second-order valence-electron chi connectivity index (χ2n) is 8.29. The summed E-state index contributed by atoms with van der Waals surface area (Å²) >= 11 is 0. The Morgan fingerprint density at radius 3 is 1.85 bits per heavy atom. The monoisotopic (exact) mass is 388 g/mol. The second kappa shape index (κ2) is 14.7. The summed E-state index contributed by atoms with van der Waals surface area (Å²) in [5.41, 5.74) is 0. The van der Waals surface area contributed by atoms with Crippen molar-refractivity contribution in [3.63, 3.8) is 0 Å². The Balaban J connectivity index is 2.39. The molecule has 3 N–H and O–H groups in total. The Hall–Kier alpha value is -0.200. The van der Waals surface area contributed by atoms with E-state index in [2.05, 4.69) is 13.8 Å². The third kappa shape index (κ3) is 9.71. The van der Waals surface area contributed by atoms with Gasteiger partial charge in [-0.3, -0.25) is 0 Å². The van der Waals surface area contributed by atoms with Crippen LogP contribution in [0.2, 0.25) is 0 Å². The summed E-state index contributed by atoms with van der Waals surface area (Å²) in [6.07, 6.45) is 10.1. The maximum absolute atomic E-state index is 10.1. The lowest BCUT2D eigenvalue weighted by atomic mass is 9.94. The standard InChI is InChI=1S/C22H44O5/c1-4-6-8-10-11-13-15-18(14-12-9-7-5-2)16-26-22-21(25)20(24)19(23)17(3)27-22/h17-25H,4-16H2,1-3H3/t17-,18?,19-,20+,21+,22?/m1/s1. The molecule has 1 heterocycles. The van der Waals surface area contributed by atoms with Gasteiger partial charge in [-0.25, -0.2) is 0 Å². The van der Waals surface area contributed by atoms with E-state index in [0.717, 1.165) is 12.8 Å². The molecular weight excluding hydrogens is 344 g/mol. The highest BCUT2D eigenvalue weighted by atomic mass is 16.7. The largest absolute Gasteiger partial charge is 0.388 e. The summed E-state index contributed by atoms with van der Waals surface area (Å²) in [5.74, 6) is 0.461. The Labute approximate surface area is 166 Å². The molecule has 0 aromatic carbocycles. The van der Waals surface area contributed by atoms with E-state index in [1.807, 2.05) is 0 Å². The van der Waals surface area contributed by atoms with Crippen LogP contribution >= 0.6 is 0 Å². The Kier molecular flexibility index (Phi) is 13.6. The van der Waals surface area contributed by atoms with Crippen molar-refractivity contribution in [1.82, 2.24) is 0 Å². The number of hydrogen-bond donors (Lipinski definition) is 3. The van der Waals surface area contributed by atoms with Crippen LogP contribution in [0.5, 0.6) is 0 Å². The van der Waals surface area contributed by atoms with Gasteiger partial charge in [0, 0.05) is 0 Å². The molecule has 5 nitrogen and oxygen atoms in total. The maximum Gasteiger partial charge on any atom is 0.186 e. The van der Waals surface area contributed by atoms with Crippen LogP contribution in [0.1, 0.15) is 97.8 Å². The number of unbranched alkanes of at least 4 members (excludes halogenated alkanes) is 8. The molecule has 0 aromatic heterocycles. The molecule has 0 spiro atoms. The van der Waals surface area contributed by atoms with E-state index in [-0.39, 0.29) is 0 Å². The summed E-state index contributed by atoms with van der Waals surface area (Å²) in [4.78, 5) is 0. The fourth-order valence-electron chi connectivity index (χ4n) is 3.77. The number of hydrogen-bond acceptors (Lipinski definition) is 5. The van der Waals surface area contributed by atoms with Gasteiger partial charge in [0.1, 0.15) is 18.3 Å². The SMILES string of the molecule is CCCCCCCCC(CCCCCC)COC1O[C@H](C)[C@@H](O)[C@H](O)[C@@H]1O. The van der Waals surface area contributed by atoms with Crippen LogP contribution in [-0.4, -0.2) is 52.6 Å². The molecule has 27 heavy (non-hydrogen) atoms. The van der Waals surface area contributed by atoms with Crippen molar-refractivity contribution in [2.45, 2.75) is 129 Å². The number of rotatable bonds is 15. The fourth-order valence-corrected chi connectivity index (χ4v) is 3.77. The Morgan fingerprint density at radius 1 is 0.741 bits per heavy atom.